The monoisotopic (exact) mass is 692 g/mol. The highest BCUT2D eigenvalue weighted by Gasteiger charge is 2.62. The predicted molar refractivity (Wildman–Crippen MR) is 154 cm³/mol. The second kappa shape index (κ2) is 11.9. The van der Waals surface area contributed by atoms with Crippen LogP contribution in [-0.4, -0.2) is 37.8 Å². The average Bonchev–Trinajstić information content (AvgIpc) is 3.41. The first kappa shape index (κ1) is 32.9. The first-order valence-corrected chi connectivity index (χ1v) is 15.1. The third kappa shape index (κ3) is 5.84. The number of alkyl halides is 5. The van der Waals surface area contributed by atoms with E-state index in [2.05, 4.69) is 32.2 Å². The van der Waals surface area contributed by atoms with Crippen molar-refractivity contribution in [1.82, 2.24) is 25.1 Å². The van der Waals surface area contributed by atoms with Crippen molar-refractivity contribution in [2.24, 2.45) is 11.7 Å². The number of hydrogen-bond acceptors (Lipinski definition) is 6. The molecule has 0 bridgehead atoms. The van der Waals surface area contributed by atoms with Crippen LogP contribution in [0.2, 0.25) is 0 Å². The molecule has 8 nitrogen and oxygen atoms in total. The van der Waals surface area contributed by atoms with Crippen molar-refractivity contribution in [3.05, 3.63) is 93.8 Å². The number of benzene rings is 2. The molecule has 0 saturated carbocycles. The van der Waals surface area contributed by atoms with Crippen molar-refractivity contribution in [3.8, 4) is 23.0 Å². The van der Waals surface area contributed by atoms with E-state index < -0.39 is 88.3 Å². The largest absolute Gasteiger partial charge is 0.435 e. The quantitative estimate of drug-likeness (QED) is 0.103. The molecule has 0 spiro atoms. The zero-order chi connectivity index (χ0) is 34.7. The Balaban J connectivity index is 1.43. The standard InChI is InChI=1S/C31H20F8N6O2S/c1-48-29-41-11-19(14-2-5-21(34)18(9-14)28(40)47)25(43-29)22(8-13-6-15(32)10-16(33)7-13)42-23(46)12-45-27-24(26(44-45)31(37,38)39)17-3-4-20(17)30(27,35)36/h2,5-7,9-11,17,20,22H,8,12H2,1H3,(H2,40,47)(H,42,46)/t17-,20+,22-/m0/s1. The van der Waals surface area contributed by atoms with E-state index in [1.165, 1.54) is 12.3 Å². The maximum absolute atomic E-state index is 15.3. The Morgan fingerprint density at radius 1 is 1.10 bits per heavy atom. The molecule has 4 aromatic rings. The van der Waals surface area contributed by atoms with E-state index in [0.29, 0.717) is 6.07 Å². The molecule has 248 valence electrons. The predicted octanol–water partition coefficient (Wildman–Crippen LogP) is 5.52. The fourth-order valence-corrected chi connectivity index (χ4v) is 6.13. The second-order valence-corrected chi connectivity index (χ2v) is 11.7. The lowest BCUT2D eigenvalue weighted by Crippen LogP contribution is -2.36. The van der Waals surface area contributed by atoms with E-state index in [9.17, 15) is 35.9 Å². The molecular weight excluding hydrogens is 672 g/mol. The van der Waals surface area contributed by atoms with E-state index in [1.807, 2.05) is 0 Å². The van der Waals surface area contributed by atoms with Gasteiger partial charge >= 0.3 is 12.1 Å². The van der Waals surface area contributed by atoms with Crippen LogP contribution in [0.5, 0.6) is 0 Å². The van der Waals surface area contributed by atoms with Crippen LogP contribution in [0.25, 0.3) is 11.1 Å². The summed E-state index contributed by atoms with van der Waals surface area (Å²) in [6, 6.07) is 4.51. The number of nitrogens with two attached hydrogens (primary N) is 1. The Bertz CT molecular complexity index is 2030. The van der Waals surface area contributed by atoms with Gasteiger partial charge in [-0.1, -0.05) is 29.7 Å². The van der Waals surface area contributed by atoms with Gasteiger partial charge in [0.15, 0.2) is 10.9 Å². The highest BCUT2D eigenvalue weighted by Crippen LogP contribution is 2.58. The summed E-state index contributed by atoms with van der Waals surface area (Å²) in [5.74, 6) is -7.51. The summed E-state index contributed by atoms with van der Waals surface area (Å²) < 4.78 is 115. The van der Waals surface area contributed by atoms with Crippen LogP contribution in [0.3, 0.4) is 0 Å². The van der Waals surface area contributed by atoms with Gasteiger partial charge in [0.1, 0.15) is 35.6 Å². The van der Waals surface area contributed by atoms with Gasteiger partial charge in [-0.25, -0.2) is 23.1 Å². The SMILES string of the molecule is CSc1ncc(-c2ccc(F)c(C(N)=O)c2)c([C@H](Cc2cc(F)cc(F)c2)NC(=O)Cn2nc(C(F)(F)F)c3c2C(F)(F)[C@@H]2C#C[C@H]32)n1. The summed E-state index contributed by atoms with van der Waals surface area (Å²) >= 11 is 1.07. The van der Waals surface area contributed by atoms with Crippen LogP contribution < -0.4 is 11.1 Å². The fraction of sp³-hybridized carbons (Fsp3) is 0.258. The van der Waals surface area contributed by atoms with Crippen LogP contribution in [0.15, 0.2) is 47.8 Å². The Morgan fingerprint density at radius 3 is 2.42 bits per heavy atom. The van der Waals surface area contributed by atoms with Gasteiger partial charge in [0.25, 0.3) is 5.91 Å². The first-order chi connectivity index (χ1) is 22.6. The maximum atomic E-state index is 15.3. The zero-order valence-electron chi connectivity index (χ0n) is 24.3. The number of carbonyl (C=O) groups excluding carboxylic acids is 2. The number of nitrogens with zero attached hydrogens (tertiary/aromatic N) is 4. The minimum Gasteiger partial charge on any atom is -0.366 e. The van der Waals surface area contributed by atoms with Gasteiger partial charge in [0, 0.05) is 23.4 Å². The first-order valence-electron chi connectivity index (χ1n) is 13.9. The van der Waals surface area contributed by atoms with E-state index in [1.54, 1.807) is 6.26 Å². The third-order valence-corrected chi connectivity index (χ3v) is 8.41. The minimum atomic E-state index is -5.12. The number of aromatic nitrogens is 4. The molecule has 6 rings (SSSR count). The van der Waals surface area contributed by atoms with Crippen molar-refractivity contribution in [2.75, 3.05) is 6.26 Å². The molecule has 3 N–H and O–H groups in total. The van der Waals surface area contributed by atoms with Gasteiger partial charge in [0.2, 0.25) is 5.91 Å². The topological polar surface area (TPSA) is 116 Å². The lowest BCUT2D eigenvalue weighted by atomic mass is 9.84. The third-order valence-electron chi connectivity index (χ3n) is 7.84. The number of hydrogen-bond donors (Lipinski definition) is 2. The summed E-state index contributed by atoms with van der Waals surface area (Å²) in [7, 11) is 0. The molecule has 0 unspecified atom stereocenters. The zero-order valence-corrected chi connectivity index (χ0v) is 25.1. The van der Waals surface area contributed by atoms with Crippen LogP contribution in [0, 0.1) is 35.2 Å². The van der Waals surface area contributed by atoms with Crippen molar-refractivity contribution in [1.29, 1.82) is 0 Å². The van der Waals surface area contributed by atoms with Gasteiger partial charge in [-0.3, -0.25) is 14.3 Å². The summed E-state index contributed by atoms with van der Waals surface area (Å²) in [6.45, 7) is -1.11. The molecule has 3 atom stereocenters. The Morgan fingerprint density at radius 2 is 1.81 bits per heavy atom. The van der Waals surface area contributed by atoms with Crippen molar-refractivity contribution in [2.45, 2.75) is 42.2 Å². The molecule has 17 heteroatoms. The van der Waals surface area contributed by atoms with Gasteiger partial charge in [-0.15, -0.1) is 0 Å². The number of primary amides is 1. The van der Waals surface area contributed by atoms with Crippen LogP contribution in [0.1, 0.15) is 50.5 Å². The van der Waals surface area contributed by atoms with Gasteiger partial charge in [0.05, 0.1) is 23.2 Å². The molecule has 48 heavy (non-hydrogen) atoms. The summed E-state index contributed by atoms with van der Waals surface area (Å²) in [6.07, 6.45) is -2.60. The van der Waals surface area contributed by atoms with E-state index >= 15 is 8.78 Å². The number of fused-ring (bicyclic) bond motifs is 3. The fourth-order valence-electron chi connectivity index (χ4n) is 5.78. The molecule has 0 radical (unpaired) electrons. The molecule has 2 heterocycles. The summed E-state index contributed by atoms with van der Waals surface area (Å²) in [5.41, 5.74) is 1.57. The molecule has 2 amide bonds. The normalized spacial score (nSPS) is 17.9. The van der Waals surface area contributed by atoms with E-state index in [-0.39, 0.29) is 38.6 Å². The number of nitrogens with one attached hydrogen (secondary N) is 1. The Hall–Kier alpha value is -4.98. The van der Waals surface area contributed by atoms with Gasteiger partial charge in [-0.2, -0.15) is 27.1 Å². The Kier molecular flexibility index (Phi) is 8.18. The number of rotatable bonds is 9. The summed E-state index contributed by atoms with van der Waals surface area (Å²) in [5, 5.41) is 6.01. The van der Waals surface area contributed by atoms with Gasteiger partial charge < -0.3 is 11.1 Å². The van der Waals surface area contributed by atoms with E-state index in [0.717, 1.165) is 36.0 Å². The number of amides is 2. The smallest absolute Gasteiger partial charge is 0.366 e. The lowest BCUT2D eigenvalue weighted by molar-refractivity contribution is -0.142. The molecule has 2 aromatic carbocycles. The highest BCUT2D eigenvalue weighted by molar-refractivity contribution is 7.98. The molecule has 2 aliphatic carbocycles. The van der Waals surface area contributed by atoms with Crippen molar-refractivity contribution in [3.63, 3.8) is 0 Å². The van der Waals surface area contributed by atoms with Crippen LogP contribution in [0.4, 0.5) is 35.1 Å². The molecule has 0 aliphatic heterocycles. The molecule has 2 aliphatic rings. The van der Waals surface area contributed by atoms with Crippen LogP contribution in [-0.2, 0) is 29.9 Å². The number of thioether (sulfide) groups is 1. The molecule has 0 saturated heterocycles. The Labute approximate surface area is 270 Å². The minimum absolute atomic E-state index is 0.00425. The number of halogens is 8. The second-order valence-electron chi connectivity index (χ2n) is 10.9. The summed E-state index contributed by atoms with van der Waals surface area (Å²) in [4.78, 5) is 34.0. The molecule has 0 fully saturated rings. The number of carbonyl (C=O) groups is 2. The lowest BCUT2D eigenvalue weighted by Gasteiger charge is -2.24. The average molecular weight is 693 g/mol. The highest BCUT2D eigenvalue weighted by atomic mass is 32.2. The molecular formula is C31H20F8N6O2S. The van der Waals surface area contributed by atoms with E-state index in [4.69, 9.17) is 5.73 Å². The van der Waals surface area contributed by atoms with Crippen LogP contribution >= 0.6 is 11.8 Å². The van der Waals surface area contributed by atoms with Crippen molar-refractivity contribution >= 4 is 23.6 Å². The van der Waals surface area contributed by atoms with Crippen molar-refractivity contribution < 1.29 is 44.7 Å². The molecule has 2 aromatic heterocycles. The maximum Gasteiger partial charge on any atom is 0.435 e. The van der Waals surface area contributed by atoms with Gasteiger partial charge in [-0.05, 0) is 48.1 Å².